The van der Waals surface area contributed by atoms with Gasteiger partial charge in [-0.2, -0.15) is 0 Å². The van der Waals surface area contributed by atoms with Crippen molar-refractivity contribution in [3.8, 4) is 22.4 Å². The highest BCUT2D eigenvalue weighted by atomic mass is 16.1. The molecule has 0 saturated heterocycles. The second-order valence-electron chi connectivity index (χ2n) is 9.06. The van der Waals surface area contributed by atoms with Gasteiger partial charge in [-0.3, -0.25) is 4.79 Å². The van der Waals surface area contributed by atoms with Gasteiger partial charge >= 0.3 is 0 Å². The lowest BCUT2D eigenvalue weighted by atomic mass is 9.79. The molecule has 6 rings (SSSR count). The molecule has 1 unspecified atom stereocenters. The summed E-state index contributed by atoms with van der Waals surface area (Å²) in [5.74, 6) is 0.115. The minimum atomic E-state index is -0.0551. The normalized spacial score (nSPS) is 15.3. The zero-order valence-electron chi connectivity index (χ0n) is 18.9. The molecule has 0 N–H and O–H groups in total. The number of fused-ring (bicyclic) bond motifs is 2. The lowest BCUT2D eigenvalue weighted by Gasteiger charge is -2.26. The minimum absolute atomic E-state index is 0.0551. The second kappa shape index (κ2) is 8.72. The fourth-order valence-electron chi connectivity index (χ4n) is 5.23. The average Bonchev–Trinajstić information content (AvgIpc) is 2.91. The Hall–Kier alpha value is -4.04. The van der Waals surface area contributed by atoms with E-state index < -0.39 is 0 Å². The zero-order chi connectivity index (χ0) is 22.9. The van der Waals surface area contributed by atoms with E-state index in [4.69, 9.17) is 4.98 Å². The molecule has 0 radical (unpaired) electrons. The molecule has 34 heavy (non-hydrogen) atoms. The number of benzene rings is 4. The van der Waals surface area contributed by atoms with E-state index in [0.29, 0.717) is 5.69 Å². The van der Waals surface area contributed by atoms with Crippen molar-refractivity contribution in [1.82, 2.24) is 4.98 Å². The molecule has 2 heteroatoms. The Labute approximate surface area is 199 Å². The lowest BCUT2D eigenvalue weighted by molar-refractivity contribution is 0.0896. The van der Waals surface area contributed by atoms with E-state index >= 15 is 0 Å². The molecular formula is C32H25NO. The fourth-order valence-corrected chi connectivity index (χ4v) is 5.23. The van der Waals surface area contributed by atoms with E-state index in [-0.39, 0.29) is 11.7 Å². The summed E-state index contributed by atoms with van der Waals surface area (Å²) >= 11 is 0. The molecule has 1 atom stereocenters. The number of hydrogen-bond donors (Lipinski definition) is 0. The van der Waals surface area contributed by atoms with Crippen LogP contribution in [0.2, 0.25) is 0 Å². The monoisotopic (exact) mass is 439 g/mol. The first-order valence-electron chi connectivity index (χ1n) is 11.9. The number of carbonyl (C=O) groups is 1. The predicted molar refractivity (Wildman–Crippen MR) is 139 cm³/mol. The highest BCUT2D eigenvalue weighted by molar-refractivity contribution is 6.01. The molecule has 0 amide bonds. The molecule has 1 heterocycles. The molecule has 4 aromatic carbocycles. The van der Waals surface area contributed by atoms with Crippen LogP contribution in [-0.4, -0.2) is 10.8 Å². The Balaban J connectivity index is 1.44. The van der Waals surface area contributed by atoms with Crippen molar-refractivity contribution >= 4 is 16.6 Å². The molecule has 0 spiro atoms. The summed E-state index contributed by atoms with van der Waals surface area (Å²) in [6.45, 7) is 0. The van der Waals surface area contributed by atoms with Gasteiger partial charge in [0.1, 0.15) is 5.69 Å². The summed E-state index contributed by atoms with van der Waals surface area (Å²) in [4.78, 5) is 18.8. The molecule has 0 bridgehead atoms. The van der Waals surface area contributed by atoms with Crippen LogP contribution in [0, 0.1) is 5.92 Å². The van der Waals surface area contributed by atoms with Crippen LogP contribution >= 0.6 is 0 Å². The summed E-state index contributed by atoms with van der Waals surface area (Å²) in [6.07, 6.45) is 2.46. The van der Waals surface area contributed by atoms with E-state index in [1.165, 1.54) is 16.3 Å². The van der Waals surface area contributed by atoms with Crippen LogP contribution in [0.4, 0.5) is 0 Å². The second-order valence-corrected chi connectivity index (χ2v) is 9.06. The predicted octanol–water partition coefficient (Wildman–Crippen LogP) is 7.56. The Bertz CT molecular complexity index is 1480. The number of nitrogens with zero attached hydrogens (tertiary/aromatic N) is 1. The smallest absolute Gasteiger partial charge is 0.184 e. The van der Waals surface area contributed by atoms with Gasteiger partial charge < -0.3 is 0 Å². The first kappa shape index (κ1) is 20.6. The molecule has 0 fully saturated rings. The molecular weight excluding hydrogens is 414 g/mol. The summed E-state index contributed by atoms with van der Waals surface area (Å²) in [5.41, 5.74) is 7.13. The Morgan fingerprint density at radius 3 is 2.21 bits per heavy atom. The number of hydrogen-bond acceptors (Lipinski definition) is 2. The number of ketones is 1. The highest BCUT2D eigenvalue weighted by Crippen LogP contribution is 2.37. The van der Waals surface area contributed by atoms with Crippen molar-refractivity contribution in [1.29, 1.82) is 0 Å². The third-order valence-electron chi connectivity index (χ3n) is 6.97. The van der Waals surface area contributed by atoms with Crippen molar-refractivity contribution in [3.63, 3.8) is 0 Å². The first-order valence-corrected chi connectivity index (χ1v) is 11.9. The van der Waals surface area contributed by atoms with Crippen LogP contribution < -0.4 is 0 Å². The van der Waals surface area contributed by atoms with Crippen LogP contribution in [0.15, 0.2) is 109 Å². The van der Waals surface area contributed by atoms with Crippen molar-refractivity contribution in [2.45, 2.75) is 19.3 Å². The standard InChI is InChI=1S/C32H25NO/c34-32-26(20-25-16-9-15-22-12-7-8-17-27(22)25)18-19-28-29(23-10-3-1-4-11-23)21-30(33-31(28)32)24-13-5-2-6-14-24/h1-17,21,26H,18-20H2. The van der Waals surface area contributed by atoms with Gasteiger partial charge in [0.15, 0.2) is 5.78 Å². The van der Waals surface area contributed by atoms with Gasteiger partial charge in [0, 0.05) is 11.5 Å². The summed E-state index contributed by atoms with van der Waals surface area (Å²) in [5, 5.41) is 2.46. The number of Topliss-reactive ketones (excluding diaryl/α,β-unsaturated/α-hetero) is 1. The molecule has 1 aliphatic carbocycles. The van der Waals surface area contributed by atoms with Crippen LogP contribution in [0.1, 0.15) is 28.0 Å². The maximum atomic E-state index is 13.9. The maximum Gasteiger partial charge on any atom is 0.184 e. The third-order valence-corrected chi connectivity index (χ3v) is 6.97. The molecule has 1 aliphatic rings. The fraction of sp³-hybridized carbons (Fsp3) is 0.125. The molecule has 1 aromatic heterocycles. The SMILES string of the molecule is O=C1c2nc(-c3ccccc3)cc(-c3ccccc3)c2CCC1Cc1cccc2ccccc12. The Morgan fingerprint density at radius 2 is 1.41 bits per heavy atom. The highest BCUT2D eigenvalue weighted by Gasteiger charge is 2.31. The van der Waals surface area contributed by atoms with Crippen molar-refractivity contribution < 1.29 is 4.79 Å². The average molecular weight is 440 g/mol. The summed E-state index contributed by atoms with van der Waals surface area (Å²) in [6, 6.07) is 37.5. The number of aromatic nitrogens is 1. The van der Waals surface area contributed by atoms with Gasteiger partial charge in [-0.1, -0.05) is 103 Å². The first-order chi connectivity index (χ1) is 16.8. The molecule has 164 valence electrons. The molecule has 0 aliphatic heterocycles. The van der Waals surface area contributed by atoms with Gasteiger partial charge in [-0.15, -0.1) is 0 Å². The van der Waals surface area contributed by atoms with Gasteiger partial charge in [-0.05, 0) is 58.4 Å². The van der Waals surface area contributed by atoms with Gasteiger partial charge in [0.05, 0.1) is 5.69 Å². The quantitative estimate of drug-likeness (QED) is 0.289. The van der Waals surface area contributed by atoms with Crippen molar-refractivity contribution in [2.24, 2.45) is 5.92 Å². The van der Waals surface area contributed by atoms with Crippen molar-refractivity contribution in [3.05, 3.63) is 126 Å². The zero-order valence-corrected chi connectivity index (χ0v) is 18.9. The lowest BCUT2D eigenvalue weighted by Crippen LogP contribution is -2.26. The number of carbonyl (C=O) groups excluding carboxylic acids is 1. The van der Waals surface area contributed by atoms with Crippen LogP contribution in [0.25, 0.3) is 33.2 Å². The van der Waals surface area contributed by atoms with Crippen LogP contribution in [0.3, 0.4) is 0 Å². The Morgan fingerprint density at radius 1 is 0.735 bits per heavy atom. The van der Waals surface area contributed by atoms with E-state index in [1.807, 2.05) is 24.3 Å². The topological polar surface area (TPSA) is 30.0 Å². The minimum Gasteiger partial charge on any atom is -0.292 e. The van der Waals surface area contributed by atoms with Crippen LogP contribution in [-0.2, 0) is 12.8 Å². The summed E-state index contributed by atoms with van der Waals surface area (Å²) < 4.78 is 0. The van der Waals surface area contributed by atoms with Gasteiger partial charge in [0.2, 0.25) is 0 Å². The number of pyridine rings is 1. The summed E-state index contributed by atoms with van der Waals surface area (Å²) in [7, 11) is 0. The number of rotatable bonds is 4. The largest absolute Gasteiger partial charge is 0.292 e. The molecule has 0 saturated carbocycles. The molecule has 5 aromatic rings. The van der Waals surface area contributed by atoms with Gasteiger partial charge in [0.25, 0.3) is 0 Å². The maximum absolute atomic E-state index is 13.9. The van der Waals surface area contributed by atoms with E-state index in [1.54, 1.807) is 0 Å². The third kappa shape index (κ3) is 3.72. The van der Waals surface area contributed by atoms with E-state index in [9.17, 15) is 4.79 Å². The van der Waals surface area contributed by atoms with E-state index in [0.717, 1.165) is 47.2 Å². The van der Waals surface area contributed by atoms with Gasteiger partial charge in [-0.25, -0.2) is 4.98 Å². The molecule has 2 nitrogen and oxygen atoms in total. The van der Waals surface area contributed by atoms with Crippen LogP contribution in [0.5, 0.6) is 0 Å². The Kier molecular flexibility index (Phi) is 5.27. The van der Waals surface area contributed by atoms with Crippen molar-refractivity contribution in [2.75, 3.05) is 0 Å². The van der Waals surface area contributed by atoms with E-state index in [2.05, 4.69) is 84.9 Å².